The van der Waals surface area contributed by atoms with Crippen molar-refractivity contribution in [1.82, 2.24) is 10.2 Å². The van der Waals surface area contributed by atoms with Crippen LogP contribution in [0.15, 0.2) is 0 Å². The van der Waals surface area contributed by atoms with Gasteiger partial charge in [-0.3, -0.25) is 9.59 Å². The molecule has 0 aliphatic heterocycles. The molecule has 0 rings (SSSR count). The number of esters is 1. The highest BCUT2D eigenvalue weighted by atomic mass is 16.5. The second kappa shape index (κ2) is 35.7. The smallest absolute Gasteiger partial charge is 0.308 e. The van der Waals surface area contributed by atoms with Gasteiger partial charge in [-0.15, -0.1) is 0 Å². The summed E-state index contributed by atoms with van der Waals surface area (Å²) >= 11 is 0. The monoisotopic (exact) mass is 639 g/mol. The van der Waals surface area contributed by atoms with Gasteiger partial charge >= 0.3 is 5.97 Å². The van der Waals surface area contributed by atoms with Gasteiger partial charge in [0.2, 0.25) is 5.91 Å². The molecule has 0 saturated heterocycles. The fraction of sp³-hybridized carbons (Fsp3) is 0.949. The van der Waals surface area contributed by atoms with E-state index >= 15 is 0 Å². The molecule has 0 radical (unpaired) electrons. The zero-order valence-corrected chi connectivity index (χ0v) is 30.8. The first-order chi connectivity index (χ1) is 22.1. The summed E-state index contributed by atoms with van der Waals surface area (Å²) in [5, 5.41) is 2.95. The van der Waals surface area contributed by atoms with E-state index in [2.05, 4.69) is 31.0 Å². The predicted octanol–water partition coefficient (Wildman–Crippen LogP) is 10.4. The molecule has 0 spiro atoms. The van der Waals surface area contributed by atoms with Gasteiger partial charge in [0, 0.05) is 13.7 Å². The standard InChI is InChI=1S/C39H78N2O4/c1-5-8-11-14-18-23-29-37(30-24-19-15-12-9-6-2)39(43)45-35-27-22-17-21-26-33-41(32-25-20-16-13-10-7-3)34-28-31-40-38(42)36-44-4/h37H,5-36H2,1-4H3,(H,40,42). The number of hydrogen-bond donors (Lipinski definition) is 1. The number of unbranched alkanes of at least 4 members (excludes halogenated alkanes) is 19. The van der Waals surface area contributed by atoms with Crippen LogP contribution in [0, 0.1) is 5.92 Å². The summed E-state index contributed by atoms with van der Waals surface area (Å²) in [6, 6.07) is 0. The molecule has 0 unspecified atom stereocenters. The summed E-state index contributed by atoms with van der Waals surface area (Å²) in [6.45, 7) is 11.6. The van der Waals surface area contributed by atoms with Crippen molar-refractivity contribution in [3.05, 3.63) is 0 Å². The molecule has 268 valence electrons. The molecule has 0 atom stereocenters. The number of nitrogens with zero attached hydrogens (tertiary/aromatic N) is 1. The molecule has 0 aromatic rings. The molecule has 0 aromatic carbocycles. The zero-order valence-electron chi connectivity index (χ0n) is 30.8. The lowest BCUT2D eigenvalue weighted by Gasteiger charge is -2.22. The molecule has 1 N–H and O–H groups in total. The van der Waals surface area contributed by atoms with Crippen molar-refractivity contribution in [3.8, 4) is 0 Å². The van der Waals surface area contributed by atoms with Crippen LogP contribution >= 0.6 is 0 Å². The van der Waals surface area contributed by atoms with Gasteiger partial charge in [0.25, 0.3) is 0 Å². The van der Waals surface area contributed by atoms with Crippen LogP contribution in [0.2, 0.25) is 0 Å². The zero-order chi connectivity index (χ0) is 33.1. The second-order valence-electron chi connectivity index (χ2n) is 13.5. The largest absolute Gasteiger partial charge is 0.465 e. The summed E-state index contributed by atoms with van der Waals surface area (Å²) in [5.74, 6) is 0.144. The fourth-order valence-corrected chi connectivity index (χ4v) is 6.14. The van der Waals surface area contributed by atoms with Crippen LogP contribution in [0.4, 0.5) is 0 Å². The second-order valence-corrected chi connectivity index (χ2v) is 13.5. The van der Waals surface area contributed by atoms with E-state index in [9.17, 15) is 9.59 Å². The highest BCUT2D eigenvalue weighted by Crippen LogP contribution is 2.21. The third-order valence-electron chi connectivity index (χ3n) is 9.09. The van der Waals surface area contributed by atoms with Crippen molar-refractivity contribution < 1.29 is 19.1 Å². The Kier molecular flexibility index (Phi) is 34.8. The summed E-state index contributed by atoms with van der Waals surface area (Å²) in [5.41, 5.74) is 0. The molecule has 0 heterocycles. The Morgan fingerprint density at radius 1 is 0.556 bits per heavy atom. The molecule has 0 bridgehead atoms. The van der Waals surface area contributed by atoms with Gasteiger partial charge < -0.3 is 19.7 Å². The normalized spacial score (nSPS) is 11.5. The Labute approximate surface area is 280 Å². The van der Waals surface area contributed by atoms with E-state index in [4.69, 9.17) is 9.47 Å². The third-order valence-corrected chi connectivity index (χ3v) is 9.09. The number of hydrogen-bond acceptors (Lipinski definition) is 5. The molecular formula is C39H78N2O4. The van der Waals surface area contributed by atoms with E-state index in [0.29, 0.717) is 13.2 Å². The van der Waals surface area contributed by atoms with Crippen LogP contribution in [-0.4, -0.2) is 63.3 Å². The van der Waals surface area contributed by atoms with Gasteiger partial charge in [-0.2, -0.15) is 0 Å². The lowest BCUT2D eigenvalue weighted by atomic mass is 9.94. The van der Waals surface area contributed by atoms with Gasteiger partial charge in [0.05, 0.1) is 12.5 Å². The molecule has 0 aliphatic carbocycles. The Bertz CT molecular complexity index is 614. The highest BCUT2D eigenvalue weighted by molar-refractivity contribution is 5.77. The maximum Gasteiger partial charge on any atom is 0.308 e. The van der Waals surface area contributed by atoms with Crippen molar-refractivity contribution in [1.29, 1.82) is 0 Å². The van der Waals surface area contributed by atoms with Crippen LogP contribution in [0.1, 0.15) is 188 Å². The molecule has 0 aliphatic rings. The minimum absolute atomic E-state index is 0.0308. The minimum atomic E-state index is -0.0308. The maximum atomic E-state index is 13.0. The number of ether oxygens (including phenoxy) is 2. The van der Waals surface area contributed by atoms with Gasteiger partial charge in [-0.1, -0.05) is 149 Å². The van der Waals surface area contributed by atoms with Crippen LogP contribution in [0.25, 0.3) is 0 Å². The summed E-state index contributed by atoms with van der Waals surface area (Å²) in [4.78, 5) is 27.2. The third kappa shape index (κ3) is 31.2. The van der Waals surface area contributed by atoms with Crippen molar-refractivity contribution in [3.63, 3.8) is 0 Å². The lowest BCUT2D eigenvalue weighted by Crippen LogP contribution is -2.32. The molecule has 1 amide bonds. The van der Waals surface area contributed by atoms with Gasteiger partial charge in [0.15, 0.2) is 0 Å². The number of carbonyl (C=O) groups is 2. The Morgan fingerprint density at radius 2 is 0.978 bits per heavy atom. The van der Waals surface area contributed by atoms with Crippen molar-refractivity contribution in [2.24, 2.45) is 5.92 Å². The molecule has 6 heteroatoms. The number of amides is 1. The van der Waals surface area contributed by atoms with Gasteiger partial charge in [-0.25, -0.2) is 0 Å². The molecule has 0 aromatic heterocycles. The van der Waals surface area contributed by atoms with Gasteiger partial charge in [0.1, 0.15) is 6.61 Å². The van der Waals surface area contributed by atoms with Crippen molar-refractivity contribution in [2.75, 3.05) is 46.5 Å². The van der Waals surface area contributed by atoms with Crippen LogP contribution in [-0.2, 0) is 19.1 Å². The Hall–Kier alpha value is -1.14. The Morgan fingerprint density at radius 3 is 1.47 bits per heavy atom. The fourth-order valence-electron chi connectivity index (χ4n) is 6.14. The van der Waals surface area contributed by atoms with Crippen molar-refractivity contribution in [2.45, 2.75) is 188 Å². The summed E-state index contributed by atoms with van der Waals surface area (Å²) in [7, 11) is 1.56. The van der Waals surface area contributed by atoms with Crippen LogP contribution < -0.4 is 5.32 Å². The van der Waals surface area contributed by atoms with E-state index in [1.54, 1.807) is 7.11 Å². The average molecular weight is 639 g/mol. The minimum Gasteiger partial charge on any atom is -0.465 e. The van der Waals surface area contributed by atoms with Crippen LogP contribution in [0.5, 0.6) is 0 Å². The van der Waals surface area contributed by atoms with E-state index in [1.165, 1.54) is 122 Å². The van der Waals surface area contributed by atoms with E-state index in [1.807, 2.05) is 0 Å². The van der Waals surface area contributed by atoms with Crippen molar-refractivity contribution >= 4 is 11.9 Å². The molecule has 0 saturated carbocycles. The highest BCUT2D eigenvalue weighted by Gasteiger charge is 2.19. The van der Waals surface area contributed by atoms with Gasteiger partial charge in [-0.05, 0) is 58.2 Å². The molecular weight excluding hydrogens is 560 g/mol. The quantitative estimate of drug-likeness (QED) is 0.0546. The van der Waals surface area contributed by atoms with E-state index in [-0.39, 0.29) is 24.4 Å². The maximum absolute atomic E-state index is 13.0. The first-order valence-electron chi connectivity index (χ1n) is 19.7. The van der Waals surface area contributed by atoms with E-state index in [0.717, 1.165) is 64.6 Å². The number of nitrogens with one attached hydrogen (secondary N) is 1. The number of methoxy groups -OCH3 is 1. The molecule has 45 heavy (non-hydrogen) atoms. The number of carbonyl (C=O) groups excluding carboxylic acids is 2. The predicted molar refractivity (Wildman–Crippen MR) is 193 cm³/mol. The summed E-state index contributed by atoms with van der Waals surface area (Å²) in [6.07, 6.45) is 32.0. The lowest BCUT2D eigenvalue weighted by molar-refractivity contribution is -0.149. The first kappa shape index (κ1) is 43.9. The average Bonchev–Trinajstić information content (AvgIpc) is 3.03. The van der Waals surface area contributed by atoms with E-state index < -0.39 is 0 Å². The summed E-state index contributed by atoms with van der Waals surface area (Å²) < 4.78 is 10.7. The molecule has 0 fully saturated rings. The number of rotatable bonds is 36. The topological polar surface area (TPSA) is 67.9 Å². The van der Waals surface area contributed by atoms with Crippen LogP contribution in [0.3, 0.4) is 0 Å². The first-order valence-corrected chi connectivity index (χ1v) is 19.7. The SMILES string of the molecule is CCCCCCCCC(CCCCCCCC)C(=O)OCCCCCCCN(CCCCCCCC)CCCNC(=O)COC. The molecule has 6 nitrogen and oxygen atoms in total. The Balaban J connectivity index is 4.28.